The molecule has 3 nitrogen and oxygen atoms in total. The molecule has 0 rings (SSSR count). The molecule has 1 atom stereocenters. The summed E-state index contributed by atoms with van der Waals surface area (Å²) >= 11 is 0. The van der Waals surface area contributed by atoms with Crippen LogP contribution in [-0.4, -0.2) is 24.2 Å². The zero-order chi connectivity index (χ0) is 10.3. The average molecular weight is 187 g/mol. The van der Waals surface area contributed by atoms with Gasteiger partial charge in [-0.2, -0.15) is 0 Å². The molecule has 0 aromatic rings. The minimum atomic E-state index is 0.0917. The second-order valence-electron chi connectivity index (χ2n) is 4.02. The summed E-state index contributed by atoms with van der Waals surface area (Å²) in [5, 5.41) is 11.6. The van der Waals surface area contributed by atoms with Crippen LogP contribution in [0.4, 0.5) is 0 Å². The maximum atomic E-state index is 11.2. The monoisotopic (exact) mass is 187 g/mol. The number of amides is 1. The van der Waals surface area contributed by atoms with Crippen LogP contribution in [0.1, 0.15) is 33.6 Å². The van der Waals surface area contributed by atoms with Crippen molar-refractivity contribution in [1.29, 1.82) is 0 Å². The Kier molecular flexibility index (Phi) is 6.59. The molecule has 0 radical (unpaired) electrons. The van der Waals surface area contributed by atoms with E-state index in [0.717, 1.165) is 13.0 Å². The van der Waals surface area contributed by atoms with Gasteiger partial charge in [0.1, 0.15) is 0 Å². The smallest absolute Gasteiger partial charge is 0.220 e. The maximum absolute atomic E-state index is 11.2. The lowest BCUT2D eigenvalue weighted by atomic mass is 10.1. The summed E-state index contributed by atoms with van der Waals surface area (Å²) in [7, 11) is 0. The predicted octanol–water partition coefficient (Wildman–Crippen LogP) is 1.17. The van der Waals surface area contributed by atoms with E-state index in [0.29, 0.717) is 12.3 Å². The molecule has 0 aromatic carbocycles. The normalized spacial score (nSPS) is 13.0. The summed E-state index contributed by atoms with van der Waals surface area (Å²) in [4.78, 5) is 11.2. The topological polar surface area (TPSA) is 49.3 Å². The summed E-state index contributed by atoms with van der Waals surface area (Å²) in [5.74, 6) is 0.818. The predicted molar refractivity (Wildman–Crippen MR) is 53.3 cm³/mol. The van der Waals surface area contributed by atoms with Crippen LogP contribution in [0.3, 0.4) is 0 Å². The Morgan fingerprint density at radius 1 is 1.38 bits per heavy atom. The van der Waals surface area contributed by atoms with Crippen LogP contribution in [0.15, 0.2) is 0 Å². The van der Waals surface area contributed by atoms with Crippen molar-refractivity contribution in [1.82, 2.24) is 5.32 Å². The number of hydrogen-bond donors (Lipinski definition) is 2. The van der Waals surface area contributed by atoms with Crippen molar-refractivity contribution in [3.63, 3.8) is 0 Å². The van der Waals surface area contributed by atoms with E-state index in [4.69, 9.17) is 5.11 Å². The highest BCUT2D eigenvalue weighted by Gasteiger charge is 2.05. The maximum Gasteiger partial charge on any atom is 0.220 e. The van der Waals surface area contributed by atoms with Crippen molar-refractivity contribution in [2.24, 2.45) is 11.8 Å². The number of nitrogens with one attached hydrogen (secondary N) is 1. The van der Waals surface area contributed by atoms with E-state index in [1.807, 2.05) is 6.92 Å². The number of carbonyl (C=O) groups excluding carboxylic acids is 1. The Morgan fingerprint density at radius 3 is 2.46 bits per heavy atom. The van der Waals surface area contributed by atoms with Crippen molar-refractivity contribution < 1.29 is 9.90 Å². The molecule has 0 fully saturated rings. The molecule has 3 heteroatoms. The molecule has 1 unspecified atom stereocenters. The van der Waals surface area contributed by atoms with Gasteiger partial charge in [0.05, 0.1) is 0 Å². The summed E-state index contributed by atoms with van der Waals surface area (Å²) in [6.45, 7) is 6.98. The Balaban J connectivity index is 3.40. The molecule has 0 bridgehead atoms. The molecule has 78 valence electrons. The van der Waals surface area contributed by atoms with E-state index in [2.05, 4.69) is 19.2 Å². The summed E-state index contributed by atoms with van der Waals surface area (Å²) in [6.07, 6.45) is 1.29. The van der Waals surface area contributed by atoms with Gasteiger partial charge in [-0.15, -0.1) is 0 Å². The lowest BCUT2D eigenvalue weighted by Crippen LogP contribution is -2.27. The standard InChI is InChI=1S/C10H21NO2/c1-8(2)6-11-10(13)5-4-9(3)7-12/h8-9,12H,4-7H2,1-3H3,(H,11,13). The number of aliphatic hydroxyl groups excluding tert-OH is 1. The van der Waals surface area contributed by atoms with Gasteiger partial charge < -0.3 is 10.4 Å². The lowest BCUT2D eigenvalue weighted by molar-refractivity contribution is -0.121. The number of rotatable bonds is 6. The zero-order valence-electron chi connectivity index (χ0n) is 8.84. The van der Waals surface area contributed by atoms with E-state index < -0.39 is 0 Å². The Hall–Kier alpha value is -0.570. The van der Waals surface area contributed by atoms with Crippen molar-refractivity contribution in [3.8, 4) is 0 Å². The molecule has 0 saturated carbocycles. The second kappa shape index (κ2) is 6.89. The molecule has 0 saturated heterocycles. The number of aliphatic hydroxyl groups is 1. The average Bonchev–Trinajstić information content (AvgIpc) is 2.10. The molecular formula is C10H21NO2. The lowest BCUT2D eigenvalue weighted by Gasteiger charge is -2.09. The summed E-state index contributed by atoms with van der Waals surface area (Å²) in [6, 6.07) is 0. The van der Waals surface area contributed by atoms with Crippen LogP contribution >= 0.6 is 0 Å². The first-order valence-corrected chi connectivity index (χ1v) is 4.93. The van der Waals surface area contributed by atoms with Crippen LogP contribution in [0.25, 0.3) is 0 Å². The third-order valence-electron chi connectivity index (χ3n) is 1.88. The van der Waals surface area contributed by atoms with Gasteiger partial charge in [0, 0.05) is 19.6 Å². The first kappa shape index (κ1) is 12.4. The van der Waals surface area contributed by atoms with E-state index in [9.17, 15) is 4.79 Å². The van der Waals surface area contributed by atoms with Crippen molar-refractivity contribution in [2.75, 3.05) is 13.2 Å². The molecule has 2 N–H and O–H groups in total. The fourth-order valence-corrected chi connectivity index (χ4v) is 0.875. The Bertz CT molecular complexity index is 146. The molecule has 0 spiro atoms. The highest BCUT2D eigenvalue weighted by atomic mass is 16.3. The van der Waals surface area contributed by atoms with Crippen LogP contribution in [-0.2, 0) is 4.79 Å². The number of carbonyl (C=O) groups is 1. The van der Waals surface area contributed by atoms with Crippen LogP contribution in [0, 0.1) is 11.8 Å². The van der Waals surface area contributed by atoms with E-state index in [1.54, 1.807) is 0 Å². The van der Waals surface area contributed by atoms with Crippen molar-refractivity contribution in [3.05, 3.63) is 0 Å². The molecule has 0 aliphatic rings. The second-order valence-corrected chi connectivity index (χ2v) is 4.02. The van der Waals surface area contributed by atoms with Gasteiger partial charge >= 0.3 is 0 Å². The first-order valence-electron chi connectivity index (χ1n) is 4.93. The van der Waals surface area contributed by atoms with Gasteiger partial charge in [-0.3, -0.25) is 4.79 Å². The molecular weight excluding hydrogens is 166 g/mol. The molecule has 0 heterocycles. The van der Waals surface area contributed by atoms with Gasteiger partial charge in [0.2, 0.25) is 5.91 Å². The largest absolute Gasteiger partial charge is 0.396 e. The molecule has 1 amide bonds. The Labute approximate surface area is 80.5 Å². The fourth-order valence-electron chi connectivity index (χ4n) is 0.875. The molecule has 13 heavy (non-hydrogen) atoms. The van der Waals surface area contributed by atoms with Gasteiger partial charge in [-0.05, 0) is 18.3 Å². The quantitative estimate of drug-likeness (QED) is 0.655. The van der Waals surface area contributed by atoms with Gasteiger partial charge in [-0.1, -0.05) is 20.8 Å². The Morgan fingerprint density at radius 2 is 2.00 bits per heavy atom. The van der Waals surface area contributed by atoms with Crippen LogP contribution < -0.4 is 5.32 Å². The van der Waals surface area contributed by atoms with Gasteiger partial charge in [0.25, 0.3) is 0 Å². The van der Waals surface area contributed by atoms with Gasteiger partial charge in [0.15, 0.2) is 0 Å². The van der Waals surface area contributed by atoms with Crippen molar-refractivity contribution in [2.45, 2.75) is 33.6 Å². The fraction of sp³-hybridized carbons (Fsp3) is 0.900. The minimum absolute atomic E-state index is 0.0917. The van der Waals surface area contributed by atoms with E-state index >= 15 is 0 Å². The summed E-state index contributed by atoms with van der Waals surface area (Å²) < 4.78 is 0. The SMILES string of the molecule is CC(C)CNC(=O)CCC(C)CO. The highest BCUT2D eigenvalue weighted by molar-refractivity contribution is 5.75. The van der Waals surface area contributed by atoms with Crippen LogP contribution in [0.2, 0.25) is 0 Å². The molecule has 0 aromatic heterocycles. The third kappa shape index (κ3) is 7.78. The van der Waals surface area contributed by atoms with Crippen molar-refractivity contribution >= 4 is 5.91 Å². The third-order valence-corrected chi connectivity index (χ3v) is 1.88. The first-order chi connectivity index (χ1) is 6.06. The molecule has 0 aliphatic carbocycles. The highest BCUT2D eigenvalue weighted by Crippen LogP contribution is 2.03. The zero-order valence-corrected chi connectivity index (χ0v) is 8.84. The minimum Gasteiger partial charge on any atom is -0.396 e. The molecule has 0 aliphatic heterocycles. The summed E-state index contributed by atoms with van der Waals surface area (Å²) in [5.41, 5.74) is 0. The van der Waals surface area contributed by atoms with E-state index in [1.165, 1.54) is 0 Å². The van der Waals surface area contributed by atoms with Crippen LogP contribution in [0.5, 0.6) is 0 Å². The van der Waals surface area contributed by atoms with E-state index in [-0.39, 0.29) is 18.4 Å². The van der Waals surface area contributed by atoms with Gasteiger partial charge in [-0.25, -0.2) is 0 Å². The number of hydrogen-bond acceptors (Lipinski definition) is 2.